The van der Waals surface area contributed by atoms with E-state index in [1.54, 1.807) is 26.0 Å². The molecule has 2 aliphatic carbocycles. The Morgan fingerprint density at radius 1 is 1.06 bits per heavy atom. The lowest BCUT2D eigenvalue weighted by molar-refractivity contribution is 0.0630. The first-order valence-corrected chi connectivity index (χ1v) is 11.6. The molecule has 0 radical (unpaired) electrons. The molecule has 35 heavy (non-hydrogen) atoms. The lowest BCUT2D eigenvalue weighted by atomic mass is 9.60. The second kappa shape index (κ2) is 9.88. The first kappa shape index (κ1) is 25.0. The summed E-state index contributed by atoms with van der Waals surface area (Å²) in [4.78, 5) is 0. The summed E-state index contributed by atoms with van der Waals surface area (Å²) >= 11 is 0. The Morgan fingerprint density at radius 2 is 1.80 bits per heavy atom. The second-order valence-electron chi connectivity index (χ2n) is 8.97. The maximum absolute atomic E-state index is 15.6. The lowest BCUT2D eigenvalue weighted by Gasteiger charge is -2.45. The largest absolute Gasteiger partial charge is 0.491 e. The summed E-state index contributed by atoms with van der Waals surface area (Å²) in [5, 5.41) is 0. The summed E-state index contributed by atoms with van der Waals surface area (Å²) < 4.78 is 86.1. The fraction of sp³-hybridized carbons (Fsp3) is 0.357. The molecule has 0 aliphatic heterocycles. The average molecular weight is 491 g/mol. The van der Waals surface area contributed by atoms with Crippen LogP contribution in [0.25, 0.3) is 0 Å². The number of allylic oxidation sites excluding steroid dienone is 3. The van der Waals surface area contributed by atoms with Gasteiger partial charge in [-0.3, -0.25) is 0 Å². The third-order valence-electron chi connectivity index (χ3n) is 6.77. The molecule has 2 aliphatic rings. The molecule has 0 heterocycles. The molecule has 0 aromatic heterocycles. The van der Waals surface area contributed by atoms with Gasteiger partial charge >= 0.3 is 0 Å². The van der Waals surface area contributed by atoms with E-state index < -0.39 is 46.7 Å². The van der Waals surface area contributed by atoms with Gasteiger partial charge in [-0.15, -0.1) is 6.58 Å². The first-order chi connectivity index (χ1) is 16.7. The molecule has 0 saturated carbocycles. The molecule has 186 valence electrons. The minimum absolute atomic E-state index is 0.0210. The van der Waals surface area contributed by atoms with Crippen LogP contribution in [-0.4, -0.2) is 19.4 Å². The van der Waals surface area contributed by atoms with Crippen LogP contribution < -0.4 is 9.47 Å². The monoisotopic (exact) mass is 490 g/mol. The molecule has 4 rings (SSSR count). The van der Waals surface area contributed by atoms with Crippen molar-refractivity contribution < 1.29 is 31.4 Å². The van der Waals surface area contributed by atoms with Gasteiger partial charge in [-0.2, -0.15) is 0 Å². The van der Waals surface area contributed by atoms with Gasteiger partial charge in [0.15, 0.2) is 29.3 Å². The standard InChI is InChI=1S/C28H27F5O2/c1-4-6-7-16-8-10-20(19(29)14-16)35-15-17-12-13-28(3)18-9-11-21(34-5-2)25(31)22(18)26(32)27(33)23(28)24(17)30/h4,8-14,23,26-27H,1,5-7,15H2,2-3H3. The molecule has 2 aromatic carbocycles. The maximum atomic E-state index is 15.6. The van der Waals surface area contributed by atoms with Crippen molar-refractivity contribution in [2.75, 3.05) is 13.2 Å². The molecule has 2 aromatic rings. The van der Waals surface area contributed by atoms with E-state index in [9.17, 15) is 8.78 Å². The van der Waals surface area contributed by atoms with E-state index in [4.69, 9.17) is 9.47 Å². The van der Waals surface area contributed by atoms with Gasteiger partial charge in [0, 0.05) is 16.6 Å². The first-order valence-electron chi connectivity index (χ1n) is 11.6. The number of benzene rings is 2. The Hall–Kier alpha value is -3.09. The second-order valence-corrected chi connectivity index (χ2v) is 8.97. The van der Waals surface area contributed by atoms with Crippen LogP contribution in [0.1, 0.15) is 43.1 Å². The molecule has 0 amide bonds. The number of hydrogen-bond donors (Lipinski definition) is 0. The summed E-state index contributed by atoms with van der Waals surface area (Å²) in [6.45, 7) is 6.62. The van der Waals surface area contributed by atoms with E-state index in [0.29, 0.717) is 12.8 Å². The van der Waals surface area contributed by atoms with Gasteiger partial charge in [-0.05, 0) is 49.1 Å². The summed E-state index contributed by atoms with van der Waals surface area (Å²) in [5.74, 6) is -4.24. The van der Waals surface area contributed by atoms with Gasteiger partial charge in [0.2, 0.25) is 0 Å². The van der Waals surface area contributed by atoms with Crippen molar-refractivity contribution in [1.29, 1.82) is 0 Å². The highest BCUT2D eigenvalue weighted by molar-refractivity contribution is 5.53. The van der Waals surface area contributed by atoms with E-state index >= 15 is 13.2 Å². The molecule has 7 heteroatoms. The van der Waals surface area contributed by atoms with Gasteiger partial charge in [0.25, 0.3) is 0 Å². The number of hydrogen-bond acceptors (Lipinski definition) is 2. The SMILES string of the molecule is C=CCCc1ccc(OCC2=C(F)C3C(F)C(F)c4c(ccc(OCC)c4F)C3(C)C=C2)c(F)c1. The lowest BCUT2D eigenvalue weighted by Crippen LogP contribution is -2.46. The summed E-state index contributed by atoms with van der Waals surface area (Å²) in [5.41, 5.74) is -0.861. The molecule has 0 N–H and O–H groups in total. The quantitative estimate of drug-likeness (QED) is 0.280. The molecular weight excluding hydrogens is 463 g/mol. The van der Waals surface area contributed by atoms with Crippen molar-refractivity contribution in [3.8, 4) is 11.5 Å². The molecule has 0 bridgehead atoms. The van der Waals surface area contributed by atoms with Crippen LogP contribution in [-0.2, 0) is 11.8 Å². The number of alkyl halides is 2. The molecule has 4 atom stereocenters. The summed E-state index contributed by atoms with van der Waals surface area (Å²) in [7, 11) is 0. The highest BCUT2D eigenvalue weighted by Gasteiger charge is 2.54. The zero-order chi connectivity index (χ0) is 25.3. The van der Waals surface area contributed by atoms with E-state index in [-0.39, 0.29) is 35.8 Å². The topological polar surface area (TPSA) is 18.5 Å². The molecular formula is C28H27F5O2. The van der Waals surface area contributed by atoms with Gasteiger partial charge in [-0.25, -0.2) is 22.0 Å². The fourth-order valence-corrected chi connectivity index (χ4v) is 4.91. The fourth-order valence-electron chi connectivity index (χ4n) is 4.91. The van der Waals surface area contributed by atoms with Crippen molar-refractivity contribution in [3.05, 3.63) is 94.9 Å². The van der Waals surface area contributed by atoms with E-state index in [0.717, 1.165) is 5.56 Å². The Balaban J connectivity index is 1.61. The molecule has 0 saturated heterocycles. The predicted octanol–water partition coefficient (Wildman–Crippen LogP) is 7.59. The Morgan fingerprint density at radius 3 is 2.49 bits per heavy atom. The minimum atomic E-state index is -2.37. The average Bonchev–Trinajstić information content (AvgIpc) is 2.83. The van der Waals surface area contributed by atoms with Crippen molar-refractivity contribution in [1.82, 2.24) is 0 Å². The zero-order valence-corrected chi connectivity index (χ0v) is 19.6. The van der Waals surface area contributed by atoms with Crippen molar-refractivity contribution >= 4 is 0 Å². The van der Waals surface area contributed by atoms with Crippen LogP contribution in [0.4, 0.5) is 22.0 Å². The van der Waals surface area contributed by atoms with Gasteiger partial charge in [0.05, 0.1) is 12.5 Å². The van der Waals surface area contributed by atoms with Crippen molar-refractivity contribution in [2.24, 2.45) is 5.92 Å². The van der Waals surface area contributed by atoms with Crippen LogP contribution in [0, 0.1) is 17.6 Å². The Kier molecular flexibility index (Phi) is 7.06. The van der Waals surface area contributed by atoms with Crippen molar-refractivity contribution in [3.63, 3.8) is 0 Å². The molecule has 0 fully saturated rings. The van der Waals surface area contributed by atoms with Crippen LogP contribution in [0.2, 0.25) is 0 Å². The van der Waals surface area contributed by atoms with E-state index in [1.165, 1.54) is 36.4 Å². The van der Waals surface area contributed by atoms with E-state index in [1.807, 2.05) is 0 Å². The van der Waals surface area contributed by atoms with Crippen LogP contribution in [0.3, 0.4) is 0 Å². The minimum Gasteiger partial charge on any atom is -0.491 e. The molecule has 4 unspecified atom stereocenters. The number of halogens is 5. The maximum Gasteiger partial charge on any atom is 0.171 e. The highest BCUT2D eigenvalue weighted by atomic mass is 19.2. The van der Waals surface area contributed by atoms with Gasteiger partial charge < -0.3 is 9.47 Å². The number of ether oxygens (including phenoxy) is 2. The molecule has 2 nitrogen and oxygen atoms in total. The van der Waals surface area contributed by atoms with Crippen molar-refractivity contribution in [2.45, 2.75) is 44.4 Å². The third kappa shape index (κ3) is 4.37. The highest BCUT2D eigenvalue weighted by Crippen LogP contribution is 2.55. The summed E-state index contributed by atoms with van der Waals surface area (Å²) in [6.07, 6.45) is 1.29. The Bertz CT molecular complexity index is 1190. The predicted molar refractivity (Wildman–Crippen MR) is 125 cm³/mol. The Labute approximate surface area is 201 Å². The van der Waals surface area contributed by atoms with Gasteiger partial charge in [-0.1, -0.05) is 37.3 Å². The van der Waals surface area contributed by atoms with E-state index in [2.05, 4.69) is 6.58 Å². The molecule has 0 spiro atoms. The van der Waals surface area contributed by atoms with Crippen LogP contribution in [0.5, 0.6) is 11.5 Å². The van der Waals surface area contributed by atoms with Crippen LogP contribution in [0.15, 0.2) is 66.5 Å². The third-order valence-corrected chi connectivity index (χ3v) is 6.77. The number of fused-ring (bicyclic) bond motifs is 3. The number of rotatable bonds is 8. The zero-order valence-electron chi connectivity index (χ0n) is 19.6. The van der Waals surface area contributed by atoms with Gasteiger partial charge in [0.1, 0.15) is 18.6 Å². The smallest absolute Gasteiger partial charge is 0.171 e. The number of aryl methyl sites for hydroxylation is 1. The normalized spacial score (nSPS) is 25.2. The van der Waals surface area contributed by atoms with Crippen LogP contribution >= 0.6 is 0 Å². The summed E-state index contributed by atoms with van der Waals surface area (Å²) in [6, 6.07) is 7.30.